The van der Waals surface area contributed by atoms with E-state index in [0.717, 1.165) is 0 Å². The fraction of sp³-hybridized carbons (Fsp3) is 0.125. The van der Waals surface area contributed by atoms with Crippen LogP contribution in [0.3, 0.4) is 0 Å². The summed E-state index contributed by atoms with van der Waals surface area (Å²) in [5.74, 6) is -1.28. The van der Waals surface area contributed by atoms with Crippen LogP contribution in [0.4, 0.5) is 5.69 Å². The van der Waals surface area contributed by atoms with Crippen LogP contribution in [0.25, 0.3) is 0 Å². The molecule has 1 amide bonds. The first-order valence-electron chi connectivity index (χ1n) is 6.70. The second-order valence-corrected chi connectivity index (χ2v) is 6.39. The number of anilines is 1. The summed E-state index contributed by atoms with van der Waals surface area (Å²) >= 11 is 23.6. The van der Waals surface area contributed by atoms with Crippen LogP contribution in [0.1, 0.15) is 17.3 Å². The van der Waals surface area contributed by atoms with Crippen LogP contribution in [0, 0.1) is 0 Å². The molecule has 1 atom stereocenters. The average Bonchev–Trinajstić information content (AvgIpc) is 2.52. The SMILES string of the molecule is CC(OC(=O)c1ccccc1Cl)C(=O)Nc1cc(Cl)c(Cl)cc1Cl. The number of carbonyl (C=O) groups is 2. The highest BCUT2D eigenvalue weighted by Gasteiger charge is 2.21. The van der Waals surface area contributed by atoms with Gasteiger partial charge in [-0.2, -0.15) is 0 Å². The number of hydrogen-bond donors (Lipinski definition) is 1. The highest BCUT2D eigenvalue weighted by molar-refractivity contribution is 6.44. The van der Waals surface area contributed by atoms with E-state index in [1.807, 2.05) is 0 Å². The first-order chi connectivity index (χ1) is 11.3. The van der Waals surface area contributed by atoms with E-state index in [0.29, 0.717) is 0 Å². The third-order valence-electron chi connectivity index (χ3n) is 3.01. The van der Waals surface area contributed by atoms with E-state index in [-0.39, 0.29) is 31.3 Å². The second-order valence-electron chi connectivity index (χ2n) is 4.76. The number of rotatable bonds is 4. The summed E-state index contributed by atoms with van der Waals surface area (Å²) in [6.07, 6.45) is -1.07. The molecule has 0 radical (unpaired) electrons. The predicted octanol–water partition coefficient (Wildman–Crippen LogP) is 5.48. The van der Waals surface area contributed by atoms with Gasteiger partial charge in [-0.3, -0.25) is 4.79 Å². The Bertz CT molecular complexity index is 795. The van der Waals surface area contributed by atoms with Gasteiger partial charge in [0.1, 0.15) is 0 Å². The van der Waals surface area contributed by atoms with E-state index in [1.165, 1.54) is 25.1 Å². The van der Waals surface area contributed by atoms with Crippen molar-refractivity contribution >= 4 is 64.0 Å². The lowest BCUT2D eigenvalue weighted by molar-refractivity contribution is -0.123. The van der Waals surface area contributed by atoms with Crippen molar-refractivity contribution in [2.24, 2.45) is 0 Å². The number of hydrogen-bond acceptors (Lipinski definition) is 3. The van der Waals surface area contributed by atoms with E-state index in [9.17, 15) is 9.59 Å². The number of amides is 1. The van der Waals surface area contributed by atoms with Crippen molar-refractivity contribution in [2.45, 2.75) is 13.0 Å². The second kappa shape index (κ2) is 8.08. The molecule has 1 N–H and O–H groups in total. The molecule has 1 unspecified atom stereocenters. The molecule has 0 aliphatic carbocycles. The maximum atomic E-state index is 12.2. The summed E-state index contributed by atoms with van der Waals surface area (Å²) in [4.78, 5) is 24.2. The van der Waals surface area contributed by atoms with Crippen molar-refractivity contribution in [2.75, 3.05) is 5.32 Å². The van der Waals surface area contributed by atoms with Crippen molar-refractivity contribution in [3.63, 3.8) is 0 Å². The van der Waals surface area contributed by atoms with Crippen molar-refractivity contribution < 1.29 is 14.3 Å². The summed E-state index contributed by atoms with van der Waals surface area (Å²) in [6.45, 7) is 1.43. The molecular weight excluding hydrogens is 396 g/mol. The summed E-state index contributed by atoms with van der Waals surface area (Å²) in [5, 5.41) is 3.47. The van der Waals surface area contributed by atoms with Gasteiger partial charge in [0.2, 0.25) is 0 Å². The standard InChI is InChI=1S/C16H11Cl4NO3/c1-8(24-16(23)9-4-2-3-5-10(9)17)15(22)21-14-7-12(19)11(18)6-13(14)20/h2-8H,1H3,(H,21,22). The molecule has 24 heavy (non-hydrogen) atoms. The van der Waals surface area contributed by atoms with Crippen molar-refractivity contribution in [3.05, 3.63) is 62.1 Å². The Morgan fingerprint density at radius 1 is 0.958 bits per heavy atom. The number of esters is 1. The zero-order chi connectivity index (χ0) is 17.9. The minimum Gasteiger partial charge on any atom is -0.449 e. The molecule has 0 aliphatic rings. The van der Waals surface area contributed by atoms with E-state index in [2.05, 4.69) is 5.32 Å². The van der Waals surface area contributed by atoms with E-state index < -0.39 is 18.0 Å². The Balaban J connectivity index is 2.06. The quantitative estimate of drug-likeness (QED) is 0.539. The number of nitrogens with one attached hydrogen (secondary N) is 1. The zero-order valence-corrected chi connectivity index (χ0v) is 15.3. The predicted molar refractivity (Wildman–Crippen MR) is 96.4 cm³/mol. The zero-order valence-electron chi connectivity index (χ0n) is 12.3. The van der Waals surface area contributed by atoms with Crippen LogP contribution >= 0.6 is 46.4 Å². The van der Waals surface area contributed by atoms with Crippen LogP contribution < -0.4 is 5.32 Å². The minimum absolute atomic E-state index is 0.173. The maximum Gasteiger partial charge on any atom is 0.340 e. The van der Waals surface area contributed by atoms with Crippen molar-refractivity contribution in [3.8, 4) is 0 Å². The van der Waals surface area contributed by atoms with E-state index in [1.54, 1.807) is 18.2 Å². The molecular formula is C16H11Cl4NO3. The lowest BCUT2D eigenvalue weighted by Crippen LogP contribution is -2.30. The molecule has 0 aliphatic heterocycles. The van der Waals surface area contributed by atoms with Crippen LogP contribution in [0.2, 0.25) is 20.1 Å². The number of benzene rings is 2. The lowest BCUT2D eigenvalue weighted by Gasteiger charge is -2.15. The Hall–Kier alpha value is -1.46. The van der Waals surface area contributed by atoms with Gasteiger partial charge in [0.25, 0.3) is 5.91 Å². The molecule has 0 aromatic heterocycles. The third kappa shape index (κ3) is 4.54. The fourth-order valence-corrected chi connectivity index (χ4v) is 2.56. The first-order valence-corrected chi connectivity index (χ1v) is 8.21. The molecule has 8 heteroatoms. The number of ether oxygens (including phenoxy) is 1. The smallest absolute Gasteiger partial charge is 0.340 e. The third-order valence-corrected chi connectivity index (χ3v) is 4.38. The fourth-order valence-electron chi connectivity index (χ4n) is 1.76. The Kier molecular flexibility index (Phi) is 6.35. The van der Waals surface area contributed by atoms with Crippen molar-refractivity contribution in [1.29, 1.82) is 0 Å². The summed E-state index contributed by atoms with van der Waals surface area (Å²) in [7, 11) is 0. The number of halogens is 4. The molecule has 2 rings (SSSR count). The van der Waals surface area contributed by atoms with Gasteiger partial charge < -0.3 is 10.1 Å². The topological polar surface area (TPSA) is 55.4 Å². The van der Waals surface area contributed by atoms with Crippen LogP contribution in [0.5, 0.6) is 0 Å². The normalized spacial score (nSPS) is 11.7. The molecule has 0 saturated heterocycles. The molecule has 126 valence electrons. The highest BCUT2D eigenvalue weighted by atomic mass is 35.5. The molecule has 2 aromatic carbocycles. The van der Waals surface area contributed by atoms with Crippen LogP contribution in [-0.2, 0) is 9.53 Å². The van der Waals surface area contributed by atoms with Gasteiger partial charge in [-0.25, -0.2) is 4.79 Å². The summed E-state index contributed by atoms with van der Waals surface area (Å²) < 4.78 is 5.11. The monoisotopic (exact) mass is 405 g/mol. The first kappa shape index (κ1) is 18.9. The molecule has 2 aromatic rings. The van der Waals surface area contributed by atoms with E-state index >= 15 is 0 Å². The van der Waals surface area contributed by atoms with Crippen LogP contribution in [-0.4, -0.2) is 18.0 Å². The molecule has 0 fully saturated rings. The average molecular weight is 407 g/mol. The summed E-state index contributed by atoms with van der Waals surface area (Å²) in [5.41, 5.74) is 0.433. The molecule has 0 heterocycles. The maximum absolute atomic E-state index is 12.2. The van der Waals surface area contributed by atoms with Gasteiger partial charge in [0.05, 0.1) is 31.3 Å². The van der Waals surface area contributed by atoms with Crippen molar-refractivity contribution in [1.82, 2.24) is 0 Å². The van der Waals surface area contributed by atoms with Gasteiger partial charge in [0, 0.05) is 0 Å². The largest absolute Gasteiger partial charge is 0.449 e. The minimum atomic E-state index is -1.07. The summed E-state index contributed by atoms with van der Waals surface area (Å²) in [6, 6.07) is 9.20. The van der Waals surface area contributed by atoms with E-state index in [4.69, 9.17) is 51.1 Å². The highest BCUT2D eigenvalue weighted by Crippen LogP contribution is 2.32. The van der Waals surface area contributed by atoms with Gasteiger partial charge in [-0.05, 0) is 31.2 Å². The van der Waals surface area contributed by atoms with Gasteiger partial charge in [-0.15, -0.1) is 0 Å². The lowest BCUT2D eigenvalue weighted by atomic mass is 10.2. The molecule has 0 bridgehead atoms. The molecule has 0 saturated carbocycles. The number of carbonyl (C=O) groups excluding carboxylic acids is 2. The molecule has 4 nitrogen and oxygen atoms in total. The molecule has 0 spiro atoms. The van der Waals surface area contributed by atoms with Gasteiger partial charge in [0.15, 0.2) is 6.10 Å². The Morgan fingerprint density at radius 2 is 1.58 bits per heavy atom. The van der Waals surface area contributed by atoms with Gasteiger partial charge >= 0.3 is 5.97 Å². The van der Waals surface area contributed by atoms with Gasteiger partial charge in [-0.1, -0.05) is 58.5 Å². The van der Waals surface area contributed by atoms with Crippen LogP contribution in [0.15, 0.2) is 36.4 Å². The Morgan fingerprint density at radius 3 is 2.25 bits per heavy atom. The Labute approximate surface area is 158 Å².